The van der Waals surface area contributed by atoms with E-state index < -0.39 is 10.8 Å². The number of amides is 1. The van der Waals surface area contributed by atoms with Crippen LogP contribution in [-0.4, -0.2) is 22.5 Å². The van der Waals surface area contributed by atoms with Gasteiger partial charge in [-0.25, -0.2) is 0 Å². The van der Waals surface area contributed by atoms with Gasteiger partial charge in [-0.2, -0.15) is 0 Å². The average molecular weight is 436 g/mol. The number of carbonyl (C=O) groups excluding carboxylic acids is 1. The summed E-state index contributed by atoms with van der Waals surface area (Å²) in [5, 5.41) is 16.3. The Bertz CT molecular complexity index is 892. The number of hydrogen-bond acceptors (Lipinski definition) is 5. The summed E-state index contributed by atoms with van der Waals surface area (Å²) in [4.78, 5) is 22.8. The first-order valence-electron chi connectivity index (χ1n) is 9.20. The Hall–Kier alpha value is -2.71. The number of nitrogens with zero attached hydrogens (tertiary/aromatic N) is 1. The minimum Gasteiger partial charge on any atom is -0.493 e. The Morgan fingerprint density at radius 2 is 1.97 bits per heavy atom. The van der Waals surface area contributed by atoms with Gasteiger partial charge >= 0.3 is 0 Å². The van der Waals surface area contributed by atoms with Gasteiger partial charge in [-0.15, -0.1) is 0 Å². The number of anilines is 1. The quantitative estimate of drug-likeness (QED) is 0.239. The van der Waals surface area contributed by atoms with E-state index in [1.807, 2.05) is 0 Å². The van der Waals surface area contributed by atoms with Gasteiger partial charge in [-0.3, -0.25) is 20.2 Å². The van der Waals surface area contributed by atoms with E-state index in [2.05, 4.69) is 17.6 Å². The highest BCUT2D eigenvalue weighted by molar-refractivity contribution is 7.80. The molecule has 0 unspecified atom stereocenters. The fourth-order valence-corrected chi connectivity index (χ4v) is 2.96. The van der Waals surface area contributed by atoms with Crippen LogP contribution in [0.4, 0.5) is 11.4 Å². The van der Waals surface area contributed by atoms with Crippen LogP contribution in [0.3, 0.4) is 0 Å². The molecule has 2 aromatic rings. The number of nitro benzene ring substituents is 1. The standard InChI is InChI=1S/C20H22ClN3O4S/c1-2-3-4-7-12-28-18-9-6-5-8-15(18)19(25)23-20(29)22-17-11-10-14(24(26)27)13-16(17)21/h5-6,8-11,13H,2-4,7,12H2,1H3,(H2,22,23,25,29). The van der Waals surface area contributed by atoms with E-state index in [0.717, 1.165) is 25.7 Å². The molecule has 2 aromatic carbocycles. The first-order chi connectivity index (χ1) is 13.9. The number of halogens is 1. The maximum atomic E-state index is 12.6. The molecule has 0 saturated carbocycles. The molecule has 0 saturated heterocycles. The lowest BCUT2D eigenvalue weighted by molar-refractivity contribution is -0.384. The van der Waals surface area contributed by atoms with E-state index in [9.17, 15) is 14.9 Å². The van der Waals surface area contributed by atoms with Gasteiger partial charge < -0.3 is 10.1 Å². The zero-order valence-electron chi connectivity index (χ0n) is 15.9. The molecule has 0 spiro atoms. The first kappa shape index (κ1) is 22.6. The van der Waals surface area contributed by atoms with Crippen molar-refractivity contribution in [2.75, 3.05) is 11.9 Å². The van der Waals surface area contributed by atoms with Crippen LogP contribution in [0.25, 0.3) is 0 Å². The molecule has 0 atom stereocenters. The molecule has 7 nitrogen and oxygen atoms in total. The minimum atomic E-state index is -0.547. The molecule has 2 N–H and O–H groups in total. The Morgan fingerprint density at radius 1 is 1.21 bits per heavy atom. The number of para-hydroxylation sites is 1. The normalized spacial score (nSPS) is 10.3. The minimum absolute atomic E-state index is 0.0171. The van der Waals surface area contributed by atoms with Crippen molar-refractivity contribution in [3.63, 3.8) is 0 Å². The van der Waals surface area contributed by atoms with E-state index in [4.69, 9.17) is 28.6 Å². The summed E-state index contributed by atoms with van der Waals surface area (Å²) in [6.07, 6.45) is 4.29. The van der Waals surface area contributed by atoms with E-state index in [1.54, 1.807) is 24.3 Å². The number of benzene rings is 2. The highest BCUT2D eigenvalue weighted by Gasteiger charge is 2.15. The number of nitro groups is 1. The fourth-order valence-electron chi connectivity index (χ4n) is 2.53. The summed E-state index contributed by atoms with van der Waals surface area (Å²) in [5.41, 5.74) is 0.575. The number of non-ortho nitro benzene ring substituents is 1. The third kappa shape index (κ3) is 6.99. The number of nitrogens with one attached hydrogen (secondary N) is 2. The van der Waals surface area contributed by atoms with Crippen LogP contribution in [-0.2, 0) is 0 Å². The van der Waals surface area contributed by atoms with Crippen molar-refractivity contribution in [1.29, 1.82) is 0 Å². The van der Waals surface area contributed by atoms with Gasteiger partial charge in [0.2, 0.25) is 0 Å². The lowest BCUT2D eigenvalue weighted by Crippen LogP contribution is -2.34. The number of unbranched alkanes of at least 4 members (excludes halogenated alkanes) is 3. The van der Waals surface area contributed by atoms with Gasteiger partial charge in [0.1, 0.15) is 5.75 Å². The zero-order valence-corrected chi connectivity index (χ0v) is 17.5. The molecule has 0 fully saturated rings. The van der Waals surface area contributed by atoms with Crippen molar-refractivity contribution < 1.29 is 14.5 Å². The Balaban J connectivity index is 1.97. The van der Waals surface area contributed by atoms with Crippen LogP contribution in [0, 0.1) is 10.1 Å². The molecule has 0 radical (unpaired) electrons. The van der Waals surface area contributed by atoms with E-state index in [1.165, 1.54) is 18.2 Å². The zero-order chi connectivity index (χ0) is 21.2. The van der Waals surface area contributed by atoms with Gasteiger partial charge in [0, 0.05) is 12.1 Å². The van der Waals surface area contributed by atoms with Crippen LogP contribution >= 0.6 is 23.8 Å². The summed E-state index contributed by atoms with van der Waals surface area (Å²) >= 11 is 11.2. The highest BCUT2D eigenvalue weighted by Crippen LogP contribution is 2.26. The fraction of sp³-hybridized carbons (Fsp3) is 0.300. The molecule has 9 heteroatoms. The van der Waals surface area contributed by atoms with Gasteiger partial charge in [-0.1, -0.05) is 49.9 Å². The molecule has 0 aromatic heterocycles. The van der Waals surface area contributed by atoms with E-state index in [-0.39, 0.29) is 15.8 Å². The molecule has 0 heterocycles. The third-order valence-electron chi connectivity index (χ3n) is 4.03. The largest absolute Gasteiger partial charge is 0.493 e. The summed E-state index contributed by atoms with van der Waals surface area (Å²) in [5.74, 6) is 0.0577. The second kappa shape index (κ2) is 11.3. The SMILES string of the molecule is CCCCCCOc1ccccc1C(=O)NC(=S)Nc1ccc([N+](=O)[O-])cc1Cl. The Kier molecular flexibility index (Phi) is 8.82. The number of ether oxygens (including phenoxy) is 1. The average Bonchev–Trinajstić information content (AvgIpc) is 2.69. The van der Waals surface area contributed by atoms with Crippen LogP contribution in [0.1, 0.15) is 43.0 Å². The molecule has 0 aliphatic carbocycles. The van der Waals surface area contributed by atoms with Crippen molar-refractivity contribution in [3.05, 3.63) is 63.2 Å². The van der Waals surface area contributed by atoms with Crippen molar-refractivity contribution in [1.82, 2.24) is 5.32 Å². The smallest absolute Gasteiger partial charge is 0.271 e. The predicted molar refractivity (Wildman–Crippen MR) is 118 cm³/mol. The molecule has 2 rings (SSSR count). The maximum absolute atomic E-state index is 12.6. The maximum Gasteiger partial charge on any atom is 0.271 e. The Labute approximate surface area is 179 Å². The Morgan fingerprint density at radius 3 is 2.66 bits per heavy atom. The van der Waals surface area contributed by atoms with Crippen LogP contribution in [0.5, 0.6) is 5.75 Å². The van der Waals surface area contributed by atoms with Crippen molar-refractivity contribution in [2.45, 2.75) is 32.6 Å². The van der Waals surface area contributed by atoms with Crippen LogP contribution < -0.4 is 15.4 Å². The second-order valence-corrected chi connectivity index (χ2v) is 7.05. The molecule has 154 valence electrons. The predicted octanol–water partition coefficient (Wildman–Crippen LogP) is 5.33. The van der Waals surface area contributed by atoms with E-state index >= 15 is 0 Å². The van der Waals surface area contributed by atoms with Crippen molar-refractivity contribution in [2.24, 2.45) is 0 Å². The number of hydrogen-bond donors (Lipinski definition) is 2. The first-order valence-corrected chi connectivity index (χ1v) is 9.99. The molecule has 0 aliphatic rings. The summed E-state index contributed by atoms with van der Waals surface area (Å²) in [7, 11) is 0. The molecule has 29 heavy (non-hydrogen) atoms. The highest BCUT2D eigenvalue weighted by atomic mass is 35.5. The van der Waals surface area contributed by atoms with Gasteiger partial charge in [0.25, 0.3) is 11.6 Å². The van der Waals surface area contributed by atoms with Crippen LogP contribution in [0.15, 0.2) is 42.5 Å². The number of carbonyl (C=O) groups is 1. The lowest BCUT2D eigenvalue weighted by atomic mass is 10.2. The molecule has 0 bridgehead atoms. The third-order valence-corrected chi connectivity index (χ3v) is 4.54. The topological polar surface area (TPSA) is 93.5 Å². The van der Waals surface area contributed by atoms with Gasteiger partial charge in [-0.05, 0) is 36.8 Å². The number of rotatable bonds is 9. The molecule has 0 aliphatic heterocycles. The van der Waals surface area contributed by atoms with Crippen LogP contribution in [0.2, 0.25) is 5.02 Å². The van der Waals surface area contributed by atoms with Gasteiger partial charge in [0.05, 0.1) is 27.8 Å². The summed E-state index contributed by atoms with van der Waals surface area (Å²) in [6, 6.07) is 10.8. The summed E-state index contributed by atoms with van der Waals surface area (Å²) < 4.78 is 5.75. The van der Waals surface area contributed by atoms with Crippen molar-refractivity contribution in [3.8, 4) is 5.75 Å². The number of thiocarbonyl (C=S) groups is 1. The molecular formula is C20H22ClN3O4S. The molecular weight excluding hydrogens is 414 g/mol. The monoisotopic (exact) mass is 435 g/mol. The lowest BCUT2D eigenvalue weighted by Gasteiger charge is -2.13. The van der Waals surface area contributed by atoms with Crippen molar-refractivity contribution >= 4 is 46.2 Å². The molecule has 1 amide bonds. The van der Waals surface area contributed by atoms with Gasteiger partial charge in [0.15, 0.2) is 5.11 Å². The van der Waals surface area contributed by atoms with E-state index in [0.29, 0.717) is 23.6 Å². The summed E-state index contributed by atoms with van der Waals surface area (Å²) in [6.45, 7) is 2.67. The second-order valence-electron chi connectivity index (χ2n) is 6.23.